The normalized spacial score (nSPS) is 10.5. The van der Waals surface area contributed by atoms with Crippen molar-refractivity contribution in [3.63, 3.8) is 0 Å². The maximum atomic E-state index is 13.7. The van der Waals surface area contributed by atoms with Gasteiger partial charge in [0.1, 0.15) is 5.82 Å². The summed E-state index contributed by atoms with van der Waals surface area (Å²) in [6.07, 6.45) is 0.461. The fraction of sp³-hybridized carbons (Fsp3) is 0.263. The van der Waals surface area contributed by atoms with Crippen LogP contribution in [0.15, 0.2) is 42.5 Å². The number of halogens is 3. The molecule has 0 aliphatic heterocycles. The number of para-hydroxylation sites is 1. The topological polar surface area (TPSA) is 49.4 Å². The first-order valence-electron chi connectivity index (χ1n) is 8.11. The number of carbonyl (C=O) groups is 2. The molecule has 138 valence electrons. The van der Waals surface area contributed by atoms with Crippen molar-refractivity contribution in [2.75, 3.05) is 18.4 Å². The third kappa shape index (κ3) is 5.71. The molecule has 2 amide bonds. The van der Waals surface area contributed by atoms with Gasteiger partial charge in [-0.05, 0) is 30.2 Å². The first-order chi connectivity index (χ1) is 12.4. The molecule has 0 fully saturated rings. The van der Waals surface area contributed by atoms with Crippen LogP contribution >= 0.6 is 23.2 Å². The molecule has 0 unspecified atom stereocenters. The van der Waals surface area contributed by atoms with Crippen molar-refractivity contribution >= 4 is 40.7 Å². The van der Waals surface area contributed by atoms with Gasteiger partial charge in [0.15, 0.2) is 0 Å². The Labute approximate surface area is 161 Å². The number of amides is 2. The number of rotatable bonds is 7. The zero-order chi connectivity index (χ0) is 19.1. The van der Waals surface area contributed by atoms with Crippen molar-refractivity contribution in [2.24, 2.45) is 0 Å². The van der Waals surface area contributed by atoms with E-state index in [1.165, 1.54) is 17.9 Å². The van der Waals surface area contributed by atoms with E-state index in [2.05, 4.69) is 5.32 Å². The van der Waals surface area contributed by atoms with Crippen LogP contribution in [0.1, 0.15) is 18.9 Å². The molecule has 0 aliphatic carbocycles. The van der Waals surface area contributed by atoms with Crippen molar-refractivity contribution in [1.29, 1.82) is 0 Å². The SMILES string of the molecule is CC(=O)N(CCC(=O)Nc1c(Cl)cccc1Cl)CCc1ccccc1F. The summed E-state index contributed by atoms with van der Waals surface area (Å²) in [5.74, 6) is -0.788. The zero-order valence-corrected chi connectivity index (χ0v) is 15.8. The molecule has 0 bridgehead atoms. The molecule has 7 heteroatoms. The van der Waals surface area contributed by atoms with E-state index in [4.69, 9.17) is 23.2 Å². The minimum Gasteiger partial charge on any atom is -0.342 e. The lowest BCUT2D eigenvalue weighted by Crippen LogP contribution is -2.34. The standard InChI is InChI=1S/C19H19Cl2FN2O2/c1-13(25)24(11-9-14-5-2-3-8-17(14)22)12-10-18(26)23-19-15(20)6-4-7-16(19)21/h2-8H,9-12H2,1H3,(H,23,26). The third-order valence-electron chi connectivity index (χ3n) is 3.89. The number of nitrogens with zero attached hydrogens (tertiary/aromatic N) is 1. The summed E-state index contributed by atoms with van der Waals surface area (Å²) in [4.78, 5) is 25.4. The predicted molar refractivity (Wildman–Crippen MR) is 102 cm³/mol. The van der Waals surface area contributed by atoms with Gasteiger partial charge in [-0.1, -0.05) is 47.5 Å². The second-order valence-electron chi connectivity index (χ2n) is 5.74. The molecule has 0 heterocycles. The molecule has 0 aromatic heterocycles. The van der Waals surface area contributed by atoms with Crippen molar-refractivity contribution in [3.05, 3.63) is 63.9 Å². The summed E-state index contributed by atoms with van der Waals surface area (Å²) in [6, 6.07) is 11.4. The van der Waals surface area contributed by atoms with Gasteiger partial charge in [0.25, 0.3) is 0 Å². The number of hydrogen-bond donors (Lipinski definition) is 1. The van der Waals surface area contributed by atoms with Gasteiger partial charge in [0.05, 0.1) is 15.7 Å². The minimum atomic E-state index is -0.308. The average molecular weight is 397 g/mol. The molecule has 0 atom stereocenters. The molecule has 0 spiro atoms. The Kier molecular flexibility index (Phi) is 7.42. The van der Waals surface area contributed by atoms with Crippen molar-refractivity contribution in [1.82, 2.24) is 4.90 Å². The molecule has 0 saturated carbocycles. The van der Waals surface area contributed by atoms with Crippen LogP contribution in [0.3, 0.4) is 0 Å². The number of anilines is 1. The predicted octanol–water partition coefficient (Wildman–Crippen LogP) is 4.55. The van der Waals surface area contributed by atoms with E-state index in [0.717, 1.165) is 0 Å². The van der Waals surface area contributed by atoms with Gasteiger partial charge in [-0.25, -0.2) is 4.39 Å². The van der Waals surface area contributed by atoms with Crippen molar-refractivity contribution < 1.29 is 14.0 Å². The molecule has 26 heavy (non-hydrogen) atoms. The Morgan fingerprint density at radius 3 is 2.31 bits per heavy atom. The third-order valence-corrected chi connectivity index (χ3v) is 4.52. The number of hydrogen-bond acceptors (Lipinski definition) is 2. The van der Waals surface area contributed by atoms with Crippen molar-refractivity contribution in [3.8, 4) is 0 Å². The highest BCUT2D eigenvalue weighted by Gasteiger charge is 2.14. The highest BCUT2D eigenvalue weighted by molar-refractivity contribution is 6.39. The van der Waals surface area contributed by atoms with Crippen molar-refractivity contribution in [2.45, 2.75) is 19.8 Å². The smallest absolute Gasteiger partial charge is 0.226 e. The fourth-order valence-electron chi connectivity index (χ4n) is 2.44. The largest absolute Gasteiger partial charge is 0.342 e. The van der Waals surface area contributed by atoms with Crippen LogP contribution in [-0.2, 0) is 16.0 Å². The van der Waals surface area contributed by atoms with Gasteiger partial charge in [-0.15, -0.1) is 0 Å². The summed E-state index contributed by atoms with van der Waals surface area (Å²) >= 11 is 12.0. The van der Waals surface area contributed by atoms with Crippen LogP contribution in [0.5, 0.6) is 0 Å². The molecule has 0 aliphatic rings. The monoisotopic (exact) mass is 396 g/mol. The Hall–Kier alpha value is -2.11. The van der Waals surface area contributed by atoms with Gasteiger partial charge in [0, 0.05) is 26.4 Å². The molecule has 2 aromatic carbocycles. The lowest BCUT2D eigenvalue weighted by molar-refractivity contribution is -0.129. The first-order valence-corrected chi connectivity index (χ1v) is 8.87. The summed E-state index contributed by atoms with van der Waals surface area (Å²) in [6.45, 7) is 1.97. The average Bonchev–Trinajstić information content (AvgIpc) is 2.59. The molecule has 1 N–H and O–H groups in total. The van der Waals surface area contributed by atoms with Gasteiger partial charge < -0.3 is 10.2 Å². The number of nitrogens with one attached hydrogen (secondary N) is 1. The highest BCUT2D eigenvalue weighted by atomic mass is 35.5. The molecule has 0 radical (unpaired) electrons. The second-order valence-corrected chi connectivity index (χ2v) is 6.56. The summed E-state index contributed by atoms with van der Waals surface area (Å²) in [7, 11) is 0. The Morgan fingerprint density at radius 2 is 1.69 bits per heavy atom. The lowest BCUT2D eigenvalue weighted by Gasteiger charge is -2.21. The number of carbonyl (C=O) groups excluding carboxylic acids is 2. The van der Waals surface area contributed by atoms with Gasteiger partial charge in [-0.2, -0.15) is 0 Å². The number of benzene rings is 2. The maximum absolute atomic E-state index is 13.7. The minimum absolute atomic E-state index is 0.0817. The van der Waals surface area contributed by atoms with Crippen LogP contribution in [0, 0.1) is 5.82 Å². The van der Waals surface area contributed by atoms with Gasteiger partial charge in [-0.3, -0.25) is 9.59 Å². The second kappa shape index (κ2) is 9.55. The quantitative estimate of drug-likeness (QED) is 0.745. The van der Waals surface area contributed by atoms with E-state index in [1.54, 1.807) is 36.4 Å². The van der Waals surface area contributed by atoms with Crippen LogP contribution in [0.2, 0.25) is 10.0 Å². The van der Waals surface area contributed by atoms with Gasteiger partial charge >= 0.3 is 0 Å². The van der Waals surface area contributed by atoms with Crippen LogP contribution in [-0.4, -0.2) is 29.8 Å². The highest BCUT2D eigenvalue weighted by Crippen LogP contribution is 2.29. The van der Waals surface area contributed by atoms with Gasteiger partial charge in [0.2, 0.25) is 11.8 Å². The first kappa shape index (κ1) is 20.2. The maximum Gasteiger partial charge on any atom is 0.226 e. The van der Waals surface area contributed by atoms with E-state index in [9.17, 15) is 14.0 Å². The fourth-order valence-corrected chi connectivity index (χ4v) is 2.93. The van der Waals surface area contributed by atoms with E-state index in [-0.39, 0.29) is 30.6 Å². The summed E-state index contributed by atoms with van der Waals surface area (Å²) in [5, 5.41) is 3.34. The molecule has 2 rings (SSSR count). The Bertz CT molecular complexity index is 779. The van der Waals surface area contributed by atoms with Crippen LogP contribution in [0.4, 0.5) is 10.1 Å². The Balaban J connectivity index is 1.91. The Morgan fingerprint density at radius 1 is 1.04 bits per heavy atom. The van der Waals surface area contributed by atoms with E-state index in [0.29, 0.717) is 34.3 Å². The molecule has 2 aromatic rings. The summed E-state index contributed by atoms with van der Waals surface area (Å²) < 4.78 is 13.7. The zero-order valence-electron chi connectivity index (χ0n) is 14.3. The summed E-state index contributed by atoms with van der Waals surface area (Å²) in [5.41, 5.74) is 0.882. The van der Waals surface area contributed by atoms with E-state index >= 15 is 0 Å². The van der Waals surface area contributed by atoms with E-state index in [1.807, 2.05) is 0 Å². The lowest BCUT2D eigenvalue weighted by atomic mass is 10.1. The molecular formula is C19H19Cl2FN2O2. The van der Waals surface area contributed by atoms with Crippen LogP contribution < -0.4 is 5.32 Å². The molecule has 0 saturated heterocycles. The molecule has 4 nitrogen and oxygen atoms in total. The van der Waals surface area contributed by atoms with Crippen LogP contribution in [0.25, 0.3) is 0 Å². The molecular weight excluding hydrogens is 378 g/mol. The van der Waals surface area contributed by atoms with E-state index < -0.39 is 0 Å².